The van der Waals surface area contributed by atoms with Gasteiger partial charge in [0.05, 0.1) is 5.39 Å². The first-order valence-electron chi connectivity index (χ1n) is 8.26. The van der Waals surface area contributed by atoms with E-state index >= 15 is 0 Å². The van der Waals surface area contributed by atoms with E-state index in [1.807, 2.05) is 11.3 Å². The Balaban J connectivity index is 0.000000354. The molecule has 1 saturated carbocycles. The van der Waals surface area contributed by atoms with E-state index < -0.39 is 5.97 Å². The number of hydrogen-bond donors (Lipinski definition) is 1. The van der Waals surface area contributed by atoms with Crippen molar-refractivity contribution in [3.63, 3.8) is 0 Å². The molecule has 0 atom stereocenters. The maximum Gasteiger partial charge on any atom is 0.300 e. The van der Waals surface area contributed by atoms with Crippen LogP contribution in [0.5, 0.6) is 5.88 Å². The lowest BCUT2D eigenvalue weighted by Crippen LogP contribution is -2.20. The number of fused-ring (bicyclic) bond motifs is 3. The third-order valence-electron chi connectivity index (χ3n) is 4.30. The van der Waals surface area contributed by atoms with Crippen molar-refractivity contribution < 1.29 is 14.6 Å². The molecule has 0 bridgehead atoms. The van der Waals surface area contributed by atoms with Crippen molar-refractivity contribution in [1.82, 2.24) is 9.97 Å². The molecule has 0 spiro atoms. The van der Waals surface area contributed by atoms with Crippen LogP contribution >= 0.6 is 11.3 Å². The average Bonchev–Trinajstić information content (AvgIpc) is 3.08. The van der Waals surface area contributed by atoms with E-state index in [1.54, 1.807) is 6.33 Å². The van der Waals surface area contributed by atoms with Crippen LogP contribution in [0.2, 0.25) is 0 Å². The number of aliphatic carboxylic acids is 1. The Morgan fingerprint density at radius 1 is 1.22 bits per heavy atom. The number of carbonyl (C=O) groups is 1. The molecule has 0 aromatic carbocycles. The van der Waals surface area contributed by atoms with E-state index in [0.29, 0.717) is 6.10 Å². The summed E-state index contributed by atoms with van der Waals surface area (Å²) in [5.74, 6) is 0.0105. The highest BCUT2D eigenvalue weighted by atomic mass is 32.1. The van der Waals surface area contributed by atoms with Gasteiger partial charge in [-0.05, 0) is 50.5 Å². The third-order valence-corrected chi connectivity index (χ3v) is 5.50. The molecule has 124 valence electrons. The molecule has 0 aliphatic heterocycles. The lowest BCUT2D eigenvalue weighted by molar-refractivity contribution is -0.134. The highest BCUT2D eigenvalue weighted by Gasteiger charge is 2.23. The fourth-order valence-electron chi connectivity index (χ4n) is 3.33. The largest absolute Gasteiger partial charge is 0.481 e. The molecule has 6 heteroatoms. The van der Waals surface area contributed by atoms with Crippen molar-refractivity contribution >= 4 is 27.5 Å². The maximum atomic E-state index is 9.00. The number of hydrogen-bond acceptors (Lipinski definition) is 5. The minimum atomic E-state index is -0.833. The molecular formula is C17H22N2O3S. The van der Waals surface area contributed by atoms with Crippen LogP contribution in [-0.4, -0.2) is 27.1 Å². The van der Waals surface area contributed by atoms with Crippen molar-refractivity contribution in [2.24, 2.45) is 0 Å². The van der Waals surface area contributed by atoms with Crippen LogP contribution in [0, 0.1) is 0 Å². The van der Waals surface area contributed by atoms with Crippen LogP contribution in [0.4, 0.5) is 0 Å². The molecule has 1 fully saturated rings. The summed E-state index contributed by atoms with van der Waals surface area (Å²) in [5.41, 5.74) is 1.46. The Morgan fingerprint density at radius 3 is 2.70 bits per heavy atom. The molecule has 0 saturated heterocycles. The van der Waals surface area contributed by atoms with Crippen LogP contribution < -0.4 is 4.74 Å². The zero-order valence-corrected chi connectivity index (χ0v) is 14.2. The zero-order valence-electron chi connectivity index (χ0n) is 13.4. The maximum absolute atomic E-state index is 9.00. The van der Waals surface area contributed by atoms with Gasteiger partial charge in [-0.15, -0.1) is 11.3 Å². The van der Waals surface area contributed by atoms with Crippen LogP contribution in [-0.2, 0) is 17.6 Å². The first-order chi connectivity index (χ1) is 11.1. The molecule has 2 aromatic heterocycles. The van der Waals surface area contributed by atoms with Gasteiger partial charge in [-0.1, -0.05) is 6.42 Å². The summed E-state index contributed by atoms with van der Waals surface area (Å²) in [6, 6.07) is 0. The molecule has 5 nitrogen and oxygen atoms in total. The van der Waals surface area contributed by atoms with Gasteiger partial charge < -0.3 is 9.84 Å². The van der Waals surface area contributed by atoms with Crippen molar-refractivity contribution in [2.45, 2.75) is 64.4 Å². The number of nitrogens with zero attached hydrogens (tertiary/aromatic N) is 2. The summed E-state index contributed by atoms with van der Waals surface area (Å²) >= 11 is 1.83. The van der Waals surface area contributed by atoms with Gasteiger partial charge in [0.1, 0.15) is 17.3 Å². The van der Waals surface area contributed by atoms with Crippen molar-refractivity contribution in [3.05, 3.63) is 16.8 Å². The molecule has 1 N–H and O–H groups in total. The molecule has 2 aromatic rings. The summed E-state index contributed by atoms with van der Waals surface area (Å²) in [4.78, 5) is 20.5. The molecule has 2 aliphatic carbocycles. The van der Waals surface area contributed by atoms with Gasteiger partial charge in [-0.25, -0.2) is 9.97 Å². The number of aryl methyl sites for hydroxylation is 2. The zero-order chi connectivity index (χ0) is 16.2. The third kappa shape index (κ3) is 3.80. The van der Waals surface area contributed by atoms with Crippen LogP contribution in [0.15, 0.2) is 6.33 Å². The van der Waals surface area contributed by atoms with Gasteiger partial charge in [0.15, 0.2) is 0 Å². The van der Waals surface area contributed by atoms with E-state index in [9.17, 15) is 0 Å². The summed E-state index contributed by atoms with van der Waals surface area (Å²) in [6.45, 7) is 1.08. The number of carboxylic acid groups (broad SMARTS) is 1. The van der Waals surface area contributed by atoms with Gasteiger partial charge in [-0.3, -0.25) is 4.79 Å². The minimum absolute atomic E-state index is 0.365. The van der Waals surface area contributed by atoms with E-state index in [2.05, 4.69) is 9.97 Å². The smallest absolute Gasteiger partial charge is 0.300 e. The molecule has 23 heavy (non-hydrogen) atoms. The number of thiophene rings is 1. The number of carboxylic acids is 1. The van der Waals surface area contributed by atoms with Crippen LogP contribution in [0.3, 0.4) is 0 Å². The molecule has 0 radical (unpaired) electrons. The molecule has 2 aliphatic rings. The Morgan fingerprint density at radius 2 is 1.96 bits per heavy atom. The Kier molecular flexibility index (Phi) is 5.10. The summed E-state index contributed by atoms with van der Waals surface area (Å²) in [6.07, 6.45) is 12.0. The lowest BCUT2D eigenvalue weighted by atomic mass is 9.98. The highest BCUT2D eigenvalue weighted by Crippen LogP contribution is 2.40. The minimum Gasteiger partial charge on any atom is -0.481 e. The predicted octanol–water partition coefficient (Wildman–Crippen LogP) is 3.98. The Labute approximate surface area is 139 Å². The van der Waals surface area contributed by atoms with Gasteiger partial charge >= 0.3 is 0 Å². The standard InChI is InChI=1S/C15H18N2OS.C2H4O2/c1-2-5-10(6-3-1)18-14-13-11-7-4-8-12(11)19-15(13)17-9-16-14;1-2(3)4/h9-10H,1-8H2;1H3,(H,3,4). The van der Waals surface area contributed by atoms with Gasteiger partial charge in [0, 0.05) is 11.8 Å². The van der Waals surface area contributed by atoms with E-state index in [0.717, 1.165) is 17.6 Å². The van der Waals surface area contributed by atoms with Crippen molar-refractivity contribution in [2.75, 3.05) is 0 Å². The second-order valence-electron chi connectivity index (χ2n) is 6.11. The fraction of sp³-hybridized carbons (Fsp3) is 0.588. The summed E-state index contributed by atoms with van der Waals surface area (Å²) in [7, 11) is 0. The molecule has 2 heterocycles. The topological polar surface area (TPSA) is 72.3 Å². The Hall–Kier alpha value is -1.69. The SMILES string of the molecule is CC(=O)O.c1nc(OC2CCCCC2)c2c3c(sc2n1)CCC3. The van der Waals surface area contributed by atoms with E-state index in [-0.39, 0.29) is 0 Å². The van der Waals surface area contributed by atoms with E-state index in [1.165, 1.54) is 67.2 Å². The van der Waals surface area contributed by atoms with Crippen molar-refractivity contribution in [3.8, 4) is 5.88 Å². The average molecular weight is 334 g/mol. The highest BCUT2D eigenvalue weighted by molar-refractivity contribution is 7.18. The van der Waals surface area contributed by atoms with Gasteiger partial charge in [0.25, 0.3) is 5.97 Å². The van der Waals surface area contributed by atoms with Crippen LogP contribution in [0.25, 0.3) is 10.2 Å². The predicted molar refractivity (Wildman–Crippen MR) is 90.3 cm³/mol. The normalized spacial score (nSPS) is 17.4. The fourth-order valence-corrected chi connectivity index (χ4v) is 4.55. The second kappa shape index (κ2) is 7.25. The summed E-state index contributed by atoms with van der Waals surface area (Å²) < 4.78 is 6.21. The molecule has 4 rings (SSSR count). The molecule has 0 unspecified atom stereocenters. The monoisotopic (exact) mass is 334 g/mol. The van der Waals surface area contributed by atoms with Gasteiger partial charge in [-0.2, -0.15) is 0 Å². The molecular weight excluding hydrogens is 312 g/mol. The van der Waals surface area contributed by atoms with E-state index in [4.69, 9.17) is 14.6 Å². The first-order valence-corrected chi connectivity index (χ1v) is 9.08. The molecule has 0 amide bonds. The number of ether oxygens (including phenoxy) is 1. The van der Waals surface area contributed by atoms with Gasteiger partial charge in [0.2, 0.25) is 5.88 Å². The quantitative estimate of drug-likeness (QED) is 0.899. The van der Waals surface area contributed by atoms with Crippen molar-refractivity contribution in [1.29, 1.82) is 0 Å². The lowest BCUT2D eigenvalue weighted by Gasteiger charge is -2.22. The first kappa shape index (κ1) is 16.2. The second-order valence-corrected chi connectivity index (χ2v) is 7.20. The summed E-state index contributed by atoms with van der Waals surface area (Å²) in [5, 5.41) is 8.63. The van der Waals surface area contributed by atoms with Crippen LogP contribution in [0.1, 0.15) is 55.9 Å². The number of aromatic nitrogens is 2. The number of rotatable bonds is 2. The Bertz CT molecular complexity index is 688.